The molecule has 2 unspecified atom stereocenters. The molecule has 2 atom stereocenters. The van der Waals surface area contributed by atoms with Crippen LogP contribution in [0.15, 0.2) is 0 Å². The van der Waals surface area contributed by atoms with Crippen LogP contribution in [0.4, 0.5) is 34.5 Å². The Balaban J connectivity index is -0.000000254. The second-order valence-corrected chi connectivity index (χ2v) is 4.06. The van der Waals surface area contributed by atoms with Gasteiger partial charge in [0.15, 0.2) is 0 Å². The summed E-state index contributed by atoms with van der Waals surface area (Å²) in [5.74, 6) is 0. The predicted octanol–water partition coefficient (Wildman–Crippen LogP) is 3.33. The zero-order valence-corrected chi connectivity index (χ0v) is 12.4. The standard InChI is InChI=1S/C8H18N2.2BF4.Cu/c1-9-7-5-3-4-6-8(7)10-2;2*2-1(3,4)5;/h7-10H,3-6H2,1-2H3;;;/q;2*-1;+2. The number of likely N-dealkylation sites (N-methyl/N-ethyl adjacent to an activating group) is 2. The van der Waals surface area contributed by atoms with Crippen LogP contribution in [0.25, 0.3) is 0 Å². The Morgan fingerprint density at radius 1 is 0.667 bits per heavy atom. The Labute approximate surface area is 129 Å². The van der Waals surface area contributed by atoms with E-state index in [0.717, 1.165) is 0 Å². The number of rotatable bonds is 2. The fourth-order valence-corrected chi connectivity index (χ4v) is 1.82. The molecule has 1 aliphatic carbocycles. The molecular weight excluding hydrogens is 361 g/mol. The molecule has 21 heavy (non-hydrogen) atoms. The molecule has 1 aliphatic rings. The first-order valence-electron chi connectivity index (χ1n) is 5.97. The largest absolute Gasteiger partial charge is 2.00 e. The summed E-state index contributed by atoms with van der Waals surface area (Å²) in [6.45, 7) is 0. The van der Waals surface area contributed by atoms with Gasteiger partial charge in [0.05, 0.1) is 0 Å². The second kappa shape index (κ2) is 12.5. The van der Waals surface area contributed by atoms with E-state index in [0.29, 0.717) is 12.1 Å². The van der Waals surface area contributed by atoms with E-state index in [1.807, 2.05) is 0 Å². The number of hydrogen-bond donors (Lipinski definition) is 2. The van der Waals surface area contributed by atoms with Crippen molar-refractivity contribution in [2.45, 2.75) is 37.8 Å². The molecule has 1 fully saturated rings. The predicted molar refractivity (Wildman–Crippen MR) is 64.5 cm³/mol. The molecule has 1 saturated carbocycles. The van der Waals surface area contributed by atoms with Crippen LogP contribution in [0.2, 0.25) is 0 Å². The molecule has 0 bridgehead atoms. The van der Waals surface area contributed by atoms with Crippen molar-refractivity contribution in [2.75, 3.05) is 14.1 Å². The van der Waals surface area contributed by atoms with Crippen molar-refractivity contribution in [1.82, 2.24) is 10.6 Å². The van der Waals surface area contributed by atoms with Crippen molar-refractivity contribution in [2.24, 2.45) is 0 Å². The number of hydrogen-bond acceptors (Lipinski definition) is 2. The van der Waals surface area contributed by atoms with E-state index in [-0.39, 0.29) is 17.1 Å². The summed E-state index contributed by atoms with van der Waals surface area (Å²) >= 11 is 0. The summed E-state index contributed by atoms with van der Waals surface area (Å²) in [6, 6.07) is 1.41. The van der Waals surface area contributed by atoms with Gasteiger partial charge in [0.1, 0.15) is 0 Å². The summed E-state index contributed by atoms with van der Waals surface area (Å²) in [5, 5.41) is 6.68. The Morgan fingerprint density at radius 3 is 1.00 bits per heavy atom. The van der Waals surface area contributed by atoms with Crippen molar-refractivity contribution in [3.63, 3.8) is 0 Å². The fraction of sp³-hybridized carbons (Fsp3) is 1.00. The minimum absolute atomic E-state index is 0. The normalized spacial score (nSPS) is 22.0. The smallest absolute Gasteiger partial charge is 0.418 e. The molecule has 133 valence electrons. The molecule has 2 nitrogen and oxygen atoms in total. The molecule has 0 aromatic heterocycles. The summed E-state index contributed by atoms with van der Waals surface area (Å²) in [5.41, 5.74) is 0. The van der Waals surface area contributed by atoms with Gasteiger partial charge in [-0.15, -0.1) is 0 Å². The molecule has 0 saturated heterocycles. The molecule has 13 heteroatoms. The molecule has 0 aliphatic heterocycles. The van der Waals surface area contributed by atoms with Gasteiger partial charge in [0.2, 0.25) is 0 Å². The first-order chi connectivity index (χ1) is 8.88. The third-order valence-electron chi connectivity index (χ3n) is 2.51. The number of nitrogens with one attached hydrogen (secondary N) is 2. The summed E-state index contributed by atoms with van der Waals surface area (Å²) < 4.78 is 78.0. The fourth-order valence-electron chi connectivity index (χ4n) is 1.82. The van der Waals surface area contributed by atoms with Crippen LogP contribution < -0.4 is 10.6 Å². The third-order valence-corrected chi connectivity index (χ3v) is 2.51. The minimum atomic E-state index is -6.00. The maximum absolute atomic E-state index is 9.75. The van der Waals surface area contributed by atoms with Crippen LogP contribution in [-0.4, -0.2) is 40.7 Å². The number of halogens is 8. The van der Waals surface area contributed by atoms with Crippen LogP contribution in [0.3, 0.4) is 0 Å². The zero-order valence-electron chi connectivity index (χ0n) is 11.5. The summed E-state index contributed by atoms with van der Waals surface area (Å²) in [6.07, 6.45) is 5.46. The van der Waals surface area contributed by atoms with Gasteiger partial charge in [-0.25, -0.2) is 0 Å². The molecule has 1 radical (unpaired) electrons. The minimum Gasteiger partial charge on any atom is -0.418 e. The monoisotopic (exact) mass is 379 g/mol. The molecule has 0 spiro atoms. The van der Waals surface area contributed by atoms with Gasteiger partial charge in [0, 0.05) is 12.1 Å². The van der Waals surface area contributed by atoms with Gasteiger partial charge >= 0.3 is 31.6 Å². The second-order valence-electron chi connectivity index (χ2n) is 4.06. The van der Waals surface area contributed by atoms with Gasteiger partial charge in [-0.1, -0.05) is 12.8 Å². The Bertz CT molecular complexity index is 205. The first kappa shape index (κ1) is 25.9. The van der Waals surface area contributed by atoms with Crippen LogP contribution >= 0.6 is 0 Å². The van der Waals surface area contributed by atoms with E-state index in [1.165, 1.54) is 25.7 Å². The van der Waals surface area contributed by atoms with E-state index in [1.54, 1.807) is 0 Å². The van der Waals surface area contributed by atoms with E-state index in [2.05, 4.69) is 24.7 Å². The van der Waals surface area contributed by atoms with Crippen LogP contribution in [0.5, 0.6) is 0 Å². The molecule has 2 N–H and O–H groups in total. The molecule has 0 amide bonds. The van der Waals surface area contributed by atoms with Crippen molar-refractivity contribution >= 4 is 14.5 Å². The average Bonchev–Trinajstić information content (AvgIpc) is 2.24. The quantitative estimate of drug-likeness (QED) is 0.568. The van der Waals surface area contributed by atoms with E-state index in [9.17, 15) is 34.5 Å². The van der Waals surface area contributed by atoms with E-state index in [4.69, 9.17) is 0 Å². The summed E-state index contributed by atoms with van der Waals surface area (Å²) in [4.78, 5) is 0. The van der Waals surface area contributed by atoms with E-state index < -0.39 is 14.5 Å². The van der Waals surface area contributed by atoms with Gasteiger partial charge in [-0.05, 0) is 26.9 Å². The Morgan fingerprint density at radius 2 is 0.857 bits per heavy atom. The van der Waals surface area contributed by atoms with Crippen molar-refractivity contribution in [3.8, 4) is 0 Å². The van der Waals surface area contributed by atoms with Crippen molar-refractivity contribution in [3.05, 3.63) is 0 Å². The molecule has 0 aromatic rings. The van der Waals surface area contributed by atoms with Gasteiger partial charge in [0.25, 0.3) is 0 Å². The Hall–Kier alpha value is 0.00935. The van der Waals surface area contributed by atoms with Crippen LogP contribution in [0.1, 0.15) is 25.7 Å². The van der Waals surface area contributed by atoms with Gasteiger partial charge in [-0.3, -0.25) is 0 Å². The average molecular weight is 379 g/mol. The third kappa shape index (κ3) is 28.8. The van der Waals surface area contributed by atoms with Crippen LogP contribution in [-0.2, 0) is 17.1 Å². The summed E-state index contributed by atoms with van der Waals surface area (Å²) in [7, 11) is -7.89. The van der Waals surface area contributed by atoms with Gasteiger partial charge in [-0.2, -0.15) is 0 Å². The van der Waals surface area contributed by atoms with Crippen molar-refractivity contribution in [1.29, 1.82) is 0 Å². The van der Waals surface area contributed by atoms with E-state index >= 15 is 0 Å². The molecular formula is C8H18B2CuF8N2. The molecule has 1 rings (SSSR count). The maximum atomic E-state index is 9.75. The zero-order chi connectivity index (χ0) is 16.4. The first-order valence-corrected chi connectivity index (χ1v) is 5.97. The maximum Gasteiger partial charge on any atom is 2.00 e. The molecule has 0 heterocycles. The molecule has 0 aromatic carbocycles. The van der Waals surface area contributed by atoms with Crippen molar-refractivity contribution < 1.29 is 51.6 Å². The SMILES string of the molecule is CNC1CCCCC1NC.F[B-](F)(F)F.F[B-](F)(F)F.[Cu+2]. The topological polar surface area (TPSA) is 24.1 Å². The van der Waals surface area contributed by atoms with Gasteiger partial charge < -0.3 is 45.2 Å². The van der Waals surface area contributed by atoms with Crippen LogP contribution in [0, 0.1) is 0 Å². The Kier molecular flexibility index (Phi) is 15.5.